The molecule has 10 atom stereocenters. The molecule has 47 heavy (non-hydrogen) atoms. The van der Waals surface area contributed by atoms with Crippen molar-refractivity contribution in [3.05, 3.63) is 42.9 Å². The largest absolute Gasteiger partial charge is 0.481 e. The van der Waals surface area contributed by atoms with Crippen molar-refractivity contribution < 1.29 is 80.7 Å². The first-order chi connectivity index (χ1) is 21.9. The molecular weight excluding hydrogens is 701 g/mol. The lowest BCUT2D eigenvalue weighted by Gasteiger charge is -2.28. The number of nitrogens with zero attached hydrogens (tertiary/aromatic N) is 5. The molecule has 2 aromatic heterocycles. The van der Waals surface area contributed by atoms with Gasteiger partial charge in [0.25, 0.3) is 0 Å². The number of carbonyl (C=O) groups excluding carboxylic acids is 1. The summed E-state index contributed by atoms with van der Waals surface area (Å²) in [5, 5.41) is 31.5. The molecule has 9 N–H and O–H groups in total. The maximum absolute atomic E-state index is 12.5. The molecule has 3 aliphatic heterocycles. The van der Waals surface area contributed by atoms with E-state index >= 15 is 0 Å². The third-order valence-electron chi connectivity index (χ3n) is 6.96. The number of nitrogens with two attached hydrogens (primary N) is 1. The third-order valence-corrected chi connectivity index (χ3v) is 10.1. The molecule has 5 rings (SSSR count). The highest BCUT2D eigenvalue weighted by atomic mass is 31.3. The van der Waals surface area contributed by atoms with Crippen LogP contribution in [0, 0.1) is 0 Å². The number of ether oxygens (including phenoxy) is 2. The predicted octanol–water partition coefficient (Wildman–Crippen LogP) is -2.15. The monoisotopic (exact) mass is 730 g/mol. The summed E-state index contributed by atoms with van der Waals surface area (Å²) in [7, 11) is -16.2. The van der Waals surface area contributed by atoms with E-state index in [-0.39, 0.29) is 23.2 Å². The molecule has 2 unspecified atom stereocenters. The lowest BCUT2D eigenvalue weighted by Crippen LogP contribution is -2.40. The van der Waals surface area contributed by atoms with Crippen molar-refractivity contribution in [2.75, 3.05) is 13.2 Å². The number of phosphoric ester groups is 3. The summed E-state index contributed by atoms with van der Waals surface area (Å²) in [5.74, 6) is -0.730. The summed E-state index contributed by atoms with van der Waals surface area (Å²) in [5.41, 5.74) is 5.80. The van der Waals surface area contributed by atoms with Gasteiger partial charge in [0.15, 0.2) is 18.1 Å². The number of aliphatic hydroxyl groups excluding tert-OH is 3. The quantitative estimate of drug-likeness (QED) is 0.102. The average molecular weight is 730 g/mol. The van der Waals surface area contributed by atoms with Crippen LogP contribution in [0.1, 0.15) is 12.6 Å². The summed E-state index contributed by atoms with van der Waals surface area (Å²) >= 11 is 0. The highest BCUT2D eigenvalue weighted by Gasteiger charge is 2.51. The minimum Gasteiger partial charge on any atom is -0.387 e. The molecule has 2 saturated heterocycles. The highest BCUT2D eigenvalue weighted by molar-refractivity contribution is 7.61. The van der Waals surface area contributed by atoms with Crippen molar-refractivity contribution in [2.45, 2.75) is 55.5 Å². The van der Waals surface area contributed by atoms with Gasteiger partial charge < -0.3 is 55.0 Å². The fraction of sp³-hybridized carbons (Fsp3) is 0.524. The first-order valence-corrected chi connectivity index (χ1v) is 17.8. The van der Waals surface area contributed by atoms with Crippen molar-refractivity contribution >= 4 is 40.5 Å². The SMILES string of the molecule is NC(=O)C1=CN([C@@H]2O[C@H](COP(=O)(O)OP(=O)(O)OC[C@H]3O[C@@H](n4cnc5cncnc54)[C@H](OP(=O)(O)O)[C@@H]3O)[C@@H](O)[C@H]2O)C=CC1. The second-order valence-corrected chi connectivity index (χ2v) is 14.4. The van der Waals surface area contributed by atoms with Gasteiger partial charge in [-0.25, -0.2) is 28.6 Å². The number of carbonyl (C=O) groups is 1. The van der Waals surface area contributed by atoms with E-state index in [0.29, 0.717) is 0 Å². The van der Waals surface area contributed by atoms with Gasteiger partial charge >= 0.3 is 23.5 Å². The Morgan fingerprint density at radius 2 is 1.60 bits per heavy atom. The number of amides is 1. The van der Waals surface area contributed by atoms with Crippen LogP contribution in [0.15, 0.2) is 42.9 Å². The van der Waals surface area contributed by atoms with E-state index in [2.05, 4.69) is 23.8 Å². The van der Waals surface area contributed by atoms with Crippen LogP contribution in [0.3, 0.4) is 0 Å². The number of aromatic nitrogens is 4. The topological polar surface area (TPSA) is 338 Å². The van der Waals surface area contributed by atoms with E-state index in [1.165, 1.54) is 29.6 Å². The molecule has 2 aromatic rings. The van der Waals surface area contributed by atoms with Crippen molar-refractivity contribution in [3.63, 3.8) is 0 Å². The Hall–Kier alpha value is -2.53. The summed E-state index contributed by atoms with van der Waals surface area (Å²) in [6.07, 6.45) is -4.78. The fourth-order valence-corrected chi connectivity index (χ4v) is 7.49. The van der Waals surface area contributed by atoms with E-state index in [1.807, 2.05) is 0 Å². The van der Waals surface area contributed by atoms with Crippen LogP contribution in [0.25, 0.3) is 11.2 Å². The van der Waals surface area contributed by atoms with E-state index < -0.39 is 91.7 Å². The number of hydrogen-bond acceptors (Lipinski definition) is 17. The lowest BCUT2D eigenvalue weighted by atomic mass is 10.1. The number of fused-ring (bicyclic) bond motifs is 1. The Kier molecular flexibility index (Phi) is 10.5. The van der Waals surface area contributed by atoms with Crippen molar-refractivity contribution in [1.29, 1.82) is 0 Å². The molecule has 1 amide bonds. The Bertz CT molecular complexity index is 1680. The second-order valence-electron chi connectivity index (χ2n) is 10.2. The van der Waals surface area contributed by atoms with Crippen LogP contribution < -0.4 is 5.73 Å². The van der Waals surface area contributed by atoms with Crippen LogP contribution in [0.5, 0.6) is 0 Å². The highest BCUT2D eigenvalue weighted by Crippen LogP contribution is 2.61. The molecule has 0 spiro atoms. The van der Waals surface area contributed by atoms with Crippen molar-refractivity contribution in [3.8, 4) is 0 Å². The molecular formula is C21H29N6O17P3. The minimum atomic E-state index is -5.50. The zero-order chi connectivity index (χ0) is 34.3. The number of allylic oxidation sites excluding steroid dienone is 1. The Morgan fingerprint density at radius 1 is 0.957 bits per heavy atom. The number of phosphoric acid groups is 3. The molecule has 3 aliphatic rings. The van der Waals surface area contributed by atoms with Crippen LogP contribution in [0.4, 0.5) is 0 Å². The van der Waals surface area contributed by atoms with Crippen molar-refractivity contribution in [1.82, 2.24) is 24.4 Å². The molecule has 26 heteroatoms. The first kappa shape index (κ1) is 35.8. The van der Waals surface area contributed by atoms with Gasteiger partial charge in [0, 0.05) is 18.0 Å². The molecule has 0 aromatic carbocycles. The number of aliphatic hydroxyl groups is 3. The Balaban J connectivity index is 1.19. The second kappa shape index (κ2) is 13.8. The van der Waals surface area contributed by atoms with Gasteiger partial charge in [0.2, 0.25) is 5.91 Å². The van der Waals surface area contributed by atoms with Crippen LogP contribution in [-0.4, -0.2) is 121 Å². The molecule has 23 nitrogen and oxygen atoms in total. The summed E-state index contributed by atoms with van der Waals surface area (Å²) in [6.45, 7) is -1.99. The maximum atomic E-state index is 12.5. The van der Waals surface area contributed by atoms with E-state index in [4.69, 9.17) is 24.3 Å². The molecule has 5 heterocycles. The van der Waals surface area contributed by atoms with E-state index in [0.717, 1.165) is 17.2 Å². The molecule has 0 bridgehead atoms. The fourth-order valence-electron chi connectivity index (χ4n) is 4.85. The summed E-state index contributed by atoms with van der Waals surface area (Å²) in [4.78, 5) is 63.4. The van der Waals surface area contributed by atoms with E-state index in [9.17, 15) is 53.4 Å². The zero-order valence-corrected chi connectivity index (χ0v) is 26.3. The van der Waals surface area contributed by atoms with Crippen LogP contribution in [-0.2, 0) is 45.8 Å². The normalized spacial score (nSPS) is 32.3. The molecule has 0 aliphatic carbocycles. The number of primary amides is 1. The number of rotatable bonds is 13. The van der Waals surface area contributed by atoms with Gasteiger partial charge in [-0.3, -0.25) is 22.9 Å². The summed E-state index contributed by atoms with van der Waals surface area (Å²) < 4.78 is 67.2. The molecule has 0 saturated carbocycles. The lowest BCUT2D eigenvalue weighted by molar-refractivity contribution is -0.115. The van der Waals surface area contributed by atoms with Crippen molar-refractivity contribution in [2.24, 2.45) is 5.73 Å². The molecule has 2 fully saturated rings. The van der Waals surface area contributed by atoms with Gasteiger partial charge in [-0.2, -0.15) is 4.31 Å². The Labute approximate surface area is 263 Å². The molecule has 0 radical (unpaired) electrons. The van der Waals surface area contributed by atoms with Gasteiger partial charge in [0.1, 0.15) is 48.5 Å². The standard InChI is InChI=1S/C21H29N6O17P3/c22-18(31)10-2-1-3-26(5-10)20-16(30)14(28)12(41-20)6-39-46(35,36)44-47(37,38)40-7-13-15(29)17(43-45(32,33)34)21(42-13)27-9-25-11-4-23-8-24-19(11)27/h1,3-5,8-9,12-17,20-21,28-30H,2,6-7H2,(H2,22,31)(H,35,36)(H,37,38)(H2,32,33,34)/t12-,13-,14-,15-,16-,17-,20-,21-/m1/s1. The number of hydrogen-bond donors (Lipinski definition) is 8. The van der Waals surface area contributed by atoms with Crippen LogP contribution >= 0.6 is 23.5 Å². The van der Waals surface area contributed by atoms with Gasteiger partial charge in [0.05, 0.1) is 25.7 Å². The summed E-state index contributed by atoms with van der Waals surface area (Å²) in [6, 6.07) is 0. The minimum absolute atomic E-state index is 0.113. The Morgan fingerprint density at radius 3 is 2.23 bits per heavy atom. The van der Waals surface area contributed by atoms with Gasteiger partial charge in [-0.15, -0.1) is 0 Å². The van der Waals surface area contributed by atoms with Gasteiger partial charge in [-0.05, 0) is 6.42 Å². The van der Waals surface area contributed by atoms with E-state index in [1.54, 1.807) is 0 Å². The maximum Gasteiger partial charge on any atom is 0.481 e. The molecule has 260 valence electrons. The predicted molar refractivity (Wildman–Crippen MR) is 148 cm³/mol. The van der Waals surface area contributed by atoms with Gasteiger partial charge in [-0.1, -0.05) is 6.08 Å². The average Bonchev–Trinajstić information content (AvgIpc) is 3.63. The number of imidazole rings is 1. The smallest absolute Gasteiger partial charge is 0.387 e. The van der Waals surface area contributed by atoms with Crippen LogP contribution in [0.2, 0.25) is 0 Å². The third kappa shape index (κ3) is 8.38. The zero-order valence-electron chi connectivity index (χ0n) is 23.6. The first-order valence-electron chi connectivity index (χ1n) is 13.3.